The molecule has 1 heterocycles. The van der Waals surface area contributed by atoms with Gasteiger partial charge in [0.05, 0.1) is 10.5 Å². The summed E-state index contributed by atoms with van der Waals surface area (Å²) in [4.78, 5) is 4.14. The van der Waals surface area contributed by atoms with Crippen LogP contribution in [0.5, 0.6) is 0 Å². The van der Waals surface area contributed by atoms with E-state index >= 15 is 0 Å². The fourth-order valence-electron chi connectivity index (χ4n) is 1.19. The molecule has 0 aliphatic heterocycles. The quantitative estimate of drug-likeness (QED) is 0.673. The fraction of sp³-hybridized carbons (Fsp3) is 0. The van der Waals surface area contributed by atoms with Crippen molar-refractivity contribution in [3.8, 4) is 0 Å². The maximum absolute atomic E-state index is 5.94. The van der Waals surface area contributed by atoms with Crippen molar-refractivity contribution in [3.05, 3.63) is 35.5 Å². The van der Waals surface area contributed by atoms with Gasteiger partial charge in [-0.3, -0.25) is 4.98 Å². The molecule has 0 spiro atoms. The van der Waals surface area contributed by atoms with E-state index in [1.807, 2.05) is 18.2 Å². The first kappa shape index (κ1) is 7.37. The monoisotopic (exact) mass is 178 g/mol. The van der Waals surface area contributed by atoms with E-state index in [2.05, 4.69) is 4.98 Å². The summed E-state index contributed by atoms with van der Waals surface area (Å²) in [5, 5.41) is 1.49. The first-order valence-electron chi connectivity index (χ1n) is 3.58. The number of halogens is 1. The second-order valence-electron chi connectivity index (χ2n) is 2.53. The zero-order valence-corrected chi connectivity index (χ0v) is 7.05. The molecule has 12 heavy (non-hydrogen) atoms. The number of nitrogens with two attached hydrogens (primary N) is 1. The molecule has 2 aromatic rings. The molecule has 2 rings (SSSR count). The number of fused-ring (bicyclic) bond motifs is 1. The highest BCUT2D eigenvalue weighted by Crippen LogP contribution is 2.26. The van der Waals surface area contributed by atoms with E-state index in [-0.39, 0.29) is 0 Å². The Morgan fingerprint density at radius 2 is 2.08 bits per heavy atom. The van der Waals surface area contributed by atoms with Crippen molar-refractivity contribution in [1.29, 1.82) is 0 Å². The lowest BCUT2D eigenvalue weighted by Crippen LogP contribution is -1.88. The van der Waals surface area contributed by atoms with Crippen LogP contribution in [0.25, 0.3) is 10.9 Å². The highest BCUT2D eigenvalue weighted by atomic mass is 35.5. The molecule has 0 saturated carbocycles. The Kier molecular flexibility index (Phi) is 1.62. The molecule has 2 nitrogen and oxygen atoms in total. The maximum Gasteiger partial charge on any atom is 0.0737 e. The first-order chi connectivity index (χ1) is 5.79. The molecule has 60 valence electrons. The third kappa shape index (κ3) is 1.01. The Morgan fingerprint density at radius 3 is 2.83 bits per heavy atom. The van der Waals surface area contributed by atoms with Gasteiger partial charge >= 0.3 is 0 Å². The van der Waals surface area contributed by atoms with Crippen LogP contribution in [-0.4, -0.2) is 4.98 Å². The van der Waals surface area contributed by atoms with Crippen molar-refractivity contribution >= 4 is 28.2 Å². The van der Waals surface area contributed by atoms with Gasteiger partial charge in [0, 0.05) is 17.3 Å². The molecule has 0 bridgehead atoms. The Hall–Kier alpha value is -1.28. The summed E-state index contributed by atoms with van der Waals surface area (Å²) in [5.41, 5.74) is 7.24. The van der Waals surface area contributed by atoms with E-state index < -0.39 is 0 Å². The second-order valence-corrected chi connectivity index (χ2v) is 2.94. The molecule has 3 heteroatoms. The van der Waals surface area contributed by atoms with Crippen LogP contribution in [0.3, 0.4) is 0 Å². The summed E-state index contributed by atoms with van der Waals surface area (Å²) >= 11 is 5.94. The molecular weight excluding hydrogens is 172 g/mol. The van der Waals surface area contributed by atoms with Crippen molar-refractivity contribution in [1.82, 2.24) is 4.98 Å². The average Bonchev–Trinajstić information content (AvgIpc) is 2.04. The van der Waals surface area contributed by atoms with Crippen molar-refractivity contribution < 1.29 is 0 Å². The van der Waals surface area contributed by atoms with Crippen molar-refractivity contribution in [2.24, 2.45) is 0 Å². The number of pyridine rings is 1. The third-order valence-electron chi connectivity index (χ3n) is 1.75. The van der Waals surface area contributed by atoms with Crippen LogP contribution in [0, 0.1) is 0 Å². The lowest BCUT2D eigenvalue weighted by molar-refractivity contribution is 1.41. The topological polar surface area (TPSA) is 38.9 Å². The Labute approximate surface area is 75.0 Å². The van der Waals surface area contributed by atoms with E-state index in [1.165, 1.54) is 0 Å². The molecule has 0 aliphatic carbocycles. The zero-order chi connectivity index (χ0) is 8.55. The number of aromatic nitrogens is 1. The highest BCUT2D eigenvalue weighted by Gasteiger charge is 2.01. The van der Waals surface area contributed by atoms with Crippen LogP contribution >= 0.6 is 11.6 Å². The fourth-order valence-corrected chi connectivity index (χ4v) is 1.47. The van der Waals surface area contributed by atoms with Gasteiger partial charge in [-0.05, 0) is 18.2 Å². The van der Waals surface area contributed by atoms with Gasteiger partial charge in [0.15, 0.2) is 0 Å². The van der Waals surface area contributed by atoms with Gasteiger partial charge in [0.25, 0.3) is 0 Å². The van der Waals surface area contributed by atoms with Crippen LogP contribution < -0.4 is 5.73 Å². The lowest BCUT2D eigenvalue weighted by atomic mass is 10.2. The van der Waals surface area contributed by atoms with E-state index in [0.29, 0.717) is 10.7 Å². The van der Waals surface area contributed by atoms with Crippen molar-refractivity contribution in [3.63, 3.8) is 0 Å². The minimum absolute atomic E-state index is 0.651. The first-order valence-corrected chi connectivity index (χ1v) is 3.95. The maximum atomic E-state index is 5.94. The average molecular weight is 179 g/mol. The van der Waals surface area contributed by atoms with Crippen LogP contribution in [0.15, 0.2) is 30.5 Å². The summed E-state index contributed by atoms with van der Waals surface area (Å²) in [6, 6.07) is 7.30. The Morgan fingerprint density at radius 1 is 1.25 bits per heavy atom. The summed E-state index contributed by atoms with van der Waals surface area (Å²) < 4.78 is 0. The van der Waals surface area contributed by atoms with Crippen molar-refractivity contribution in [2.45, 2.75) is 0 Å². The smallest absolute Gasteiger partial charge is 0.0737 e. The van der Waals surface area contributed by atoms with E-state index in [4.69, 9.17) is 17.3 Å². The number of hydrogen-bond acceptors (Lipinski definition) is 2. The van der Waals surface area contributed by atoms with Gasteiger partial charge in [-0.15, -0.1) is 0 Å². The van der Waals surface area contributed by atoms with Gasteiger partial charge in [-0.25, -0.2) is 0 Å². The number of anilines is 1. The summed E-state index contributed by atoms with van der Waals surface area (Å²) in [5.74, 6) is 0. The Bertz CT molecular complexity index is 389. The predicted molar refractivity (Wildman–Crippen MR) is 51.2 cm³/mol. The predicted octanol–water partition coefficient (Wildman–Crippen LogP) is 2.47. The van der Waals surface area contributed by atoms with Gasteiger partial charge in [0.2, 0.25) is 0 Å². The number of nitrogens with zero attached hydrogens (tertiary/aromatic N) is 1. The Balaban J connectivity index is 2.96. The molecule has 2 N–H and O–H groups in total. The molecule has 0 fully saturated rings. The standard InChI is InChI=1S/C9H7ClN2/c10-6-2-1-3-8-9(6)7(11)4-5-12-8/h1-5H,(H2,11,12). The van der Waals surface area contributed by atoms with E-state index in [9.17, 15) is 0 Å². The van der Waals surface area contributed by atoms with Crippen LogP contribution in [0.1, 0.15) is 0 Å². The van der Waals surface area contributed by atoms with Gasteiger partial charge in [0.1, 0.15) is 0 Å². The normalized spacial score (nSPS) is 10.4. The molecule has 1 aromatic carbocycles. The van der Waals surface area contributed by atoms with E-state index in [1.54, 1.807) is 12.3 Å². The molecule has 0 amide bonds. The van der Waals surface area contributed by atoms with Crippen LogP contribution in [0.2, 0.25) is 5.02 Å². The molecule has 1 aromatic heterocycles. The summed E-state index contributed by atoms with van der Waals surface area (Å²) in [7, 11) is 0. The van der Waals surface area contributed by atoms with Crippen LogP contribution in [-0.2, 0) is 0 Å². The number of hydrogen-bond donors (Lipinski definition) is 1. The van der Waals surface area contributed by atoms with Crippen molar-refractivity contribution in [2.75, 3.05) is 5.73 Å². The minimum Gasteiger partial charge on any atom is -0.398 e. The molecule has 0 unspecified atom stereocenters. The van der Waals surface area contributed by atoms with Gasteiger partial charge in [-0.1, -0.05) is 17.7 Å². The minimum atomic E-state index is 0.651. The van der Waals surface area contributed by atoms with Gasteiger partial charge in [-0.2, -0.15) is 0 Å². The lowest BCUT2D eigenvalue weighted by Gasteiger charge is -2.01. The van der Waals surface area contributed by atoms with E-state index in [0.717, 1.165) is 10.9 Å². The molecular formula is C9H7ClN2. The molecule has 0 saturated heterocycles. The summed E-state index contributed by atoms with van der Waals surface area (Å²) in [6.07, 6.45) is 1.67. The highest BCUT2D eigenvalue weighted by molar-refractivity contribution is 6.36. The van der Waals surface area contributed by atoms with Crippen LogP contribution in [0.4, 0.5) is 5.69 Å². The zero-order valence-electron chi connectivity index (χ0n) is 6.29. The summed E-state index contributed by atoms with van der Waals surface area (Å²) in [6.45, 7) is 0. The molecule has 0 atom stereocenters. The largest absolute Gasteiger partial charge is 0.398 e. The number of nitrogen functional groups attached to an aromatic ring is 1. The number of rotatable bonds is 0. The number of benzene rings is 1. The molecule has 0 aliphatic rings. The third-order valence-corrected chi connectivity index (χ3v) is 2.06. The SMILES string of the molecule is Nc1ccnc2cccc(Cl)c12. The van der Waals surface area contributed by atoms with Gasteiger partial charge < -0.3 is 5.73 Å². The second kappa shape index (κ2) is 2.64. The molecule has 0 radical (unpaired) electrons.